The van der Waals surface area contributed by atoms with E-state index in [0.717, 1.165) is 13.1 Å². The topological polar surface area (TPSA) is 98.8 Å². The number of likely N-dealkylation sites (tertiary alicyclic amines) is 1. The van der Waals surface area contributed by atoms with Crippen LogP contribution in [0.4, 0.5) is 0 Å². The van der Waals surface area contributed by atoms with Crippen LogP contribution in [0.3, 0.4) is 0 Å². The van der Waals surface area contributed by atoms with Crippen molar-refractivity contribution in [1.29, 1.82) is 0 Å². The summed E-state index contributed by atoms with van der Waals surface area (Å²) in [6.45, 7) is 3.36. The Morgan fingerprint density at radius 1 is 1.48 bits per heavy atom. The number of likely N-dealkylation sites (N-methyl/N-ethyl adjacent to an activating group) is 1. The first kappa shape index (κ1) is 17.6. The van der Waals surface area contributed by atoms with Gasteiger partial charge in [0.2, 0.25) is 0 Å². The van der Waals surface area contributed by atoms with Gasteiger partial charge in [-0.25, -0.2) is 5.10 Å². The van der Waals surface area contributed by atoms with Crippen molar-refractivity contribution in [3.8, 4) is 0 Å². The van der Waals surface area contributed by atoms with Crippen molar-refractivity contribution in [2.75, 3.05) is 53.6 Å². The molecule has 1 amide bonds. The van der Waals surface area contributed by atoms with Crippen molar-refractivity contribution >= 4 is 5.91 Å². The number of ether oxygens (including phenoxy) is 1. The van der Waals surface area contributed by atoms with E-state index in [2.05, 4.69) is 15.1 Å². The first-order chi connectivity index (χ1) is 11.0. The molecule has 2 N–H and O–H groups in total. The maximum Gasteiger partial charge on any atom is 0.274 e. The number of aliphatic hydroxyl groups excluding tert-OH is 1. The summed E-state index contributed by atoms with van der Waals surface area (Å²) in [5.74, 6) is 0.0296. The van der Waals surface area contributed by atoms with E-state index in [1.807, 2.05) is 7.05 Å². The van der Waals surface area contributed by atoms with Crippen molar-refractivity contribution < 1.29 is 14.6 Å². The van der Waals surface area contributed by atoms with E-state index in [-0.39, 0.29) is 35.6 Å². The molecule has 1 aromatic heterocycles. The molecule has 1 fully saturated rings. The molecule has 1 aliphatic rings. The maximum atomic E-state index is 12.4. The SMILES string of the molecule is COCCN(C)C[C@@H]1CN(C(=O)c2ccc(=O)[nH]n2)C[C@@H]1CO. The highest BCUT2D eigenvalue weighted by Crippen LogP contribution is 2.25. The fourth-order valence-corrected chi connectivity index (χ4v) is 2.88. The Labute approximate surface area is 135 Å². The Morgan fingerprint density at radius 2 is 2.22 bits per heavy atom. The molecule has 2 rings (SSSR count). The number of aliphatic hydroxyl groups is 1. The van der Waals surface area contributed by atoms with Gasteiger partial charge in [0.15, 0.2) is 0 Å². The number of hydrogen-bond donors (Lipinski definition) is 2. The van der Waals surface area contributed by atoms with Crippen molar-refractivity contribution in [3.05, 3.63) is 28.2 Å². The molecule has 1 aliphatic heterocycles. The minimum atomic E-state index is -0.339. The van der Waals surface area contributed by atoms with Gasteiger partial charge in [0.1, 0.15) is 5.69 Å². The van der Waals surface area contributed by atoms with Gasteiger partial charge in [0, 0.05) is 51.9 Å². The third-order valence-electron chi connectivity index (χ3n) is 4.22. The van der Waals surface area contributed by atoms with Gasteiger partial charge in [-0.05, 0) is 19.0 Å². The average molecular weight is 324 g/mol. The Hall–Kier alpha value is -1.77. The quantitative estimate of drug-likeness (QED) is 0.669. The number of nitrogens with one attached hydrogen (secondary N) is 1. The molecule has 8 nitrogen and oxygen atoms in total. The standard InChI is InChI=1S/C15H24N4O4/c1-18(5-6-23-2)7-11-8-19(9-12(11)10-20)15(22)13-3-4-14(21)17-16-13/h3-4,11-12,20H,5-10H2,1-2H3,(H,17,21)/t11-,12-/m1/s1. The van der Waals surface area contributed by atoms with Gasteiger partial charge in [-0.1, -0.05) is 0 Å². The first-order valence-corrected chi connectivity index (χ1v) is 7.68. The largest absolute Gasteiger partial charge is 0.396 e. The summed E-state index contributed by atoms with van der Waals surface area (Å²) in [7, 11) is 3.67. The lowest BCUT2D eigenvalue weighted by molar-refractivity contribution is 0.0771. The molecule has 0 aliphatic carbocycles. The molecule has 8 heteroatoms. The second-order valence-corrected chi connectivity index (χ2v) is 5.97. The molecular weight excluding hydrogens is 300 g/mol. The number of rotatable bonds is 7. The fourth-order valence-electron chi connectivity index (χ4n) is 2.88. The molecule has 0 spiro atoms. The normalized spacial score (nSPS) is 21.1. The van der Waals surface area contributed by atoms with Gasteiger partial charge in [0.05, 0.1) is 6.61 Å². The number of H-pyrrole nitrogens is 1. The van der Waals surface area contributed by atoms with Crippen molar-refractivity contribution in [2.45, 2.75) is 0 Å². The summed E-state index contributed by atoms with van der Waals surface area (Å²) in [6.07, 6.45) is 0. The van der Waals surface area contributed by atoms with Crippen molar-refractivity contribution in [3.63, 3.8) is 0 Å². The monoisotopic (exact) mass is 324 g/mol. The number of amides is 1. The molecule has 2 heterocycles. The lowest BCUT2D eigenvalue weighted by atomic mass is 9.96. The molecule has 0 saturated carbocycles. The van der Waals surface area contributed by atoms with Crippen LogP contribution in [0.5, 0.6) is 0 Å². The first-order valence-electron chi connectivity index (χ1n) is 7.68. The summed E-state index contributed by atoms with van der Waals surface area (Å²) < 4.78 is 5.06. The number of hydrogen-bond acceptors (Lipinski definition) is 6. The lowest BCUT2D eigenvalue weighted by Crippen LogP contribution is -2.34. The number of carbonyl (C=O) groups is 1. The van der Waals surface area contributed by atoms with Gasteiger partial charge >= 0.3 is 0 Å². The van der Waals surface area contributed by atoms with E-state index < -0.39 is 0 Å². The van der Waals surface area contributed by atoms with E-state index in [0.29, 0.717) is 19.7 Å². The Kier molecular flexibility index (Phi) is 6.26. The van der Waals surface area contributed by atoms with Gasteiger partial charge in [0.25, 0.3) is 11.5 Å². The minimum Gasteiger partial charge on any atom is -0.396 e. The lowest BCUT2D eigenvalue weighted by Gasteiger charge is -2.23. The molecule has 1 saturated heterocycles. The zero-order chi connectivity index (χ0) is 16.8. The molecule has 0 bridgehead atoms. The third-order valence-corrected chi connectivity index (χ3v) is 4.22. The molecule has 23 heavy (non-hydrogen) atoms. The molecule has 0 radical (unpaired) electrons. The van der Waals surface area contributed by atoms with Gasteiger partial charge in [-0.3, -0.25) is 9.59 Å². The average Bonchev–Trinajstić information content (AvgIpc) is 2.95. The second kappa shape index (κ2) is 8.19. The number of aromatic amines is 1. The van der Waals surface area contributed by atoms with Crippen LogP contribution in [0.15, 0.2) is 16.9 Å². The van der Waals surface area contributed by atoms with Crippen molar-refractivity contribution in [1.82, 2.24) is 20.0 Å². The molecule has 1 aromatic rings. The van der Waals surface area contributed by atoms with Crippen LogP contribution >= 0.6 is 0 Å². The van der Waals surface area contributed by atoms with Gasteiger partial charge in [-0.2, -0.15) is 5.10 Å². The van der Waals surface area contributed by atoms with E-state index in [4.69, 9.17) is 4.74 Å². The molecule has 128 valence electrons. The van der Waals surface area contributed by atoms with Crippen LogP contribution in [-0.4, -0.2) is 84.6 Å². The van der Waals surface area contributed by atoms with E-state index in [1.165, 1.54) is 12.1 Å². The summed E-state index contributed by atoms with van der Waals surface area (Å²) in [5, 5.41) is 15.6. The second-order valence-electron chi connectivity index (χ2n) is 5.97. The maximum absolute atomic E-state index is 12.4. The highest BCUT2D eigenvalue weighted by molar-refractivity contribution is 5.92. The summed E-state index contributed by atoms with van der Waals surface area (Å²) in [4.78, 5) is 27.3. The molecular formula is C15H24N4O4. The van der Waals surface area contributed by atoms with Crippen LogP contribution in [0.25, 0.3) is 0 Å². The minimum absolute atomic E-state index is 0.0472. The van der Waals surface area contributed by atoms with Gasteiger partial charge in [-0.15, -0.1) is 0 Å². The summed E-state index contributed by atoms with van der Waals surface area (Å²) >= 11 is 0. The predicted molar refractivity (Wildman–Crippen MR) is 84.2 cm³/mol. The zero-order valence-corrected chi connectivity index (χ0v) is 13.6. The van der Waals surface area contributed by atoms with Crippen LogP contribution in [-0.2, 0) is 4.74 Å². The molecule has 2 atom stereocenters. The highest BCUT2D eigenvalue weighted by atomic mass is 16.5. The smallest absolute Gasteiger partial charge is 0.274 e. The number of carbonyl (C=O) groups excluding carboxylic acids is 1. The Balaban J connectivity index is 1.98. The number of aromatic nitrogens is 2. The Bertz CT molecular complexity index is 556. The summed E-state index contributed by atoms with van der Waals surface area (Å²) in [6, 6.07) is 2.71. The van der Waals surface area contributed by atoms with Crippen LogP contribution in [0.1, 0.15) is 10.5 Å². The molecule has 0 aromatic carbocycles. The third kappa shape index (κ3) is 4.60. The van der Waals surface area contributed by atoms with Crippen LogP contribution in [0, 0.1) is 11.8 Å². The fraction of sp³-hybridized carbons (Fsp3) is 0.667. The van der Waals surface area contributed by atoms with Crippen molar-refractivity contribution in [2.24, 2.45) is 11.8 Å². The highest BCUT2D eigenvalue weighted by Gasteiger charge is 2.36. The van der Waals surface area contributed by atoms with Gasteiger partial charge < -0.3 is 19.6 Å². The molecule has 0 unspecified atom stereocenters. The van der Waals surface area contributed by atoms with E-state index in [1.54, 1.807) is 12.0 Å². The Morgan fingerprint density at radius 3 is 2.83 bits per heavy atom. The predicted octanol–water partition coefficient (Wildman–Crippen LogP) is -0.971. The van der Waals surface area contributed by atoms with E-state index >= 15 is 0 Å². The van der Waals surface area contributed by atoms with E-state index in [9.17, 15) is 14.7 Å². The zero-order valence-electron chi connectivity index (χ0n) is 13.6. The van der Waals surface area contributed by atoms with Crippen LogP contribution < -0.4 is 5.56 Å². The number of nitrogens with zero attached hydrogens (tertiary/aromatic N) is 3. The number of methoxy groups -OCH3 is 1. The van der Waals surface area contributed by atoms with Crippen LogP contribution in [0.2, 0.25) is 0 Å². The summed E-state index contributed by atoms with van der Waals surface area (Å²) in [5.41, 5.74) is -0.122.